The summed E-state index contributed by atoms with van der Waals surface area (Å²) in [5.41, 5.74) is 0.822. The van der Waals surface area contributed by atoms with Crippen molar-refractivity contribution in [2.24, 2.45) is 0 Å². The van der Waals surface area contributed by atoms with Crippen molar-refractivity contribution >= 4 is 22.1 Å². The van der Waals surface area contributed by atoms with Gasteiger partial charge in [0.05, 0.1) is 18.1 Å². The van der Waals surface area contributed by atoms with Crippen molar-refractivity contribution < 1.29 is 36.8 Å². The summed E-state index contributed by atoms with van der Waals surface area (Å²) in [4.78, 5) is 23.3. The molecule has 0 fully saturated rings. The molecule has 0 unspecified atom stereocenters. The standard InChI is InChI=1S/C15H20O8S/c1-4-21-14(17)12(16)13(15(18)22-5-2)23-24(19,20)11-8-6-10(3)7-9-11/h6-9,12-13,16H,4-5H2,1-3H3/t12-,13+/m1/s1. The van der Waals surface area contributed by atoms with Crippen LogP contribution in [0.1, 0.15) is 19.4 Å². The molecule has 0 aromatic heterocycles. The first-order valence-corrected chi connectivity index (χ1v) is 8.65. The average Bonchev–Trinajstić information content (AvgIpc) is 2.53. The summed E-state index contributed by atoms with van der Waals surface area (Å²) < 4.78 is 38.5. The van der Waals surface area contributed by atoms with Gasteiger partial charge in [0.2, 0.25) is 6.10 Å². The highest BCUT2D eigenvalue weighted by molar-refractivity contribution is 7.86. The van der Waals surface area contributed by atoms with Gasteiger partial charge in [-0.2, -0.15) is 8.42 Å². The van der Waals surface area contributed by atoms with E-state index in [9.17, 15) is 23.1 Å². The van der Waals surface area contributed by atoms with Crippen LogP contribution < -0.4 is 0 Å². The van der Waals surface area contributed by atoms with Crippen LogP contribution in [0.2, 0.25) is 0 Å². The maximum absolute atomic E-state index is 12.3. The van der Waals surface area contributed by atoms with Crippen LogP contribution in [0.5, 0.6) is 0 Å². The first kappa shape index (κ1) is 20.1. The van der Waals surface area contributed by atoms with Crippen molar-refractivity contribution in [2.45, 2.75) is 37.9 Å². The zero-order valence-electron chi connectivity index (χ0n) is 13.6. The lowest BCUT2D eigenvalue weighted by Crippen LogP contribution is -2.44. The van der Waals surface area contributed by atoms with Crippen LogP contribution in [0, 0.1) is 6.92 Å². The van der Waals surface area contributed by atoms with Gasteiger partial charge in [-0.05, 0) is 32.9 Å². The molecule has 9 heteroatoms. The van der Waals surface area contributed by atoms with Gasteiger partial charge in [0.1, 0.15) is 0 Å². The molecule has 0 aliphatic heterocycles. The minimum absolute atomic E-state index is 0.0594. The highest BCUT2D eigenvalue weighted by atomic mass is 32.2. The Morgan fingerprint density at radius 1 is 1.04 bits per heavy atom. The van der Waals surface area contributed by atoms with Crippen molar-refractivity contribution in [3.8, 4) is 0 Å². The van der Waals surface area contributed by atoms with Gasteiger partial charge in [-0.15, -0.1) is 0 Å². The van der Waals surface area contributed by atoms with E-state index in [0.29, 0.717) is 0 Å². The maximum atomic E-state index is 12.3. The molecule has 8 nitrogen and oxygen atoms in total. The first-order chi connectivity index (χ1) is 11.2. The van der Waals surface area contributed by atoms with Crippen molar-refractivity contribution in [2.75, 3.05) is 13.2 Å². The third kappa shape index (κ3) is 5.29. The van der Waals surface area contributed by atoms with Crippen LogP contribution in [-0.2, 0) is 33.4 Å². The fourth-order valence-corrected chi connectivity index (χ4v) is 2.73. The van der Waals surface area contributed by atoms with Gasteiger partial charge < -0.3 is 14.6 Å². The molecular formula is C15H20O8S. The van der Waals surface area contributed by atoms with E-state index in [4.69, 9.17) is 4.18 Å². The first-order valence-electron chi connectivity index (χ1n) is 7.24. The molecule has 0 spiro atoms. The van der Waals surface area contributed by atoms with Crippen LogP contribution >= 0.6 is 0 Å². The lowest BCUT2D eigenvalue weighted by atomic mass is 10.2. The summed E-state index contributed by atoms with van der Waals surface area (Å²) in [6.45, 7) is 4.60. The molecule has 1 aromatic rings. The van der Waals surface area contributed by atoms with Crippen molar-refractivity contribution in [1.29, 1.82) is 0 Å². The zero-order chi connectivity index (χ0) is 18.3. The van der Waals surface area contributed by atoms with E-state index in [0.717, 1.165) is 5.56 Å². The van der Waals surface area contributed by atoms with Gasteiger partial charge in [-0.25, -0.2) is 13.8 Å². The molecule has 0 saturated heterocycles. The Morgan fingerprint density at radius 2 is 1.54 bits per heavy atom. The van der Waals surface area contributed by atoms with Crippen LogP contribution in [0.4, 0.5) is 0 Å². The molecule has 1 rings (SSSR count). The number of ether oxygens (including phenoxy) is 2. The molecule has 134 valence electrons. The second-order valence-electron chi connectivity index (χ2n) is 4.73. The third-order valence-corrected chi connectivity index (χ3v) is 4.18. The molecular weight excluding hydrogens is 340 g/mol. The monoisotopic (exact) mass is 360 g/mol. The lowest BCUT2D eigenvalue weighted by Gasteiger charge is -2.20. The van der Waals surface area contributed by atoms with Crippen LogP contribution in [0.15, 0.2) is 29.2 Å². The number of carbonyl (C=O) groups is 2. The number of carbonyl (C=O) groups excluding carboxylic acids is 2. The maximum Gasteiger partial charge on any atom is 0.340 e. The summed E-state index contributed by atoms with van der Waals surface area (Å²) in [7, 11) is -4.40. The smallest absolute Gasteiger partial charge is 0.340 e. The minimum Gasteiger partial charge on any atom is -0.464 e. The van der Waals surface area contributed by atoms with Gasteiger partial charge in [-0.3, -0.25) is 0 Å². The zero-order valence-corrected chi connectivity index (χ0v) is 14.4. The van der Waals surface area contributed by atoms with E-state index in [1.165, 1.54) is 38.1 Å². The number of aliphatic hydroxyl groups is 1. The number of aliphatic hydroxyl groups excluding tert-OH is 1. The predicted octanol–water partition coefficient (Wildman–Crippen LogP) is 0.556. The van der Waals surface area contributed by atoms with E-state index in [1.54, 1.807) is 6.92 Å². The van der Waals surface area contributed by atoms with E-state index in [-0.39, 0.29) is 18.1 Å². The highest BCUT2D eigenvalue weighted by Gasteiger charge is 2.39. The molecule has 0 bridgehead atoms. The molecule has 0 aliphatic rings. The molecule has 1 aromatic carbocycles. The molecule has 1 N–H and O–H groups in total. The fraction of sp³-hybridized carbons (Fsp3) is 0.467. The van der Waals surface area contributed by atoms with Gasteiger partial charge >= 0.3 is 11.9 Å². The van der Waals surface area contributed by atoms with E-state index in [1.807, 2.05) is 0 Å². The average molecular weight is 360 g/mol. The number of benzene rings is 1. The Labute approximate surface area is 140 Å². The summed E-state index contributed by atoms with van der Waals surface area (Å²) in [5.74, 6) is -2.37. The van der Waals surface area contributed by atoms with Gasteiger partial charge in [0.25, 0.3) is 10.1 Å². The molecule has 0 radical (unpaired) electrons. The number of rotatable bonds is 8. The SMILES string of the molecule is CCOC(=O)[C@@H](OS(=O)(=O)c1ccc(C)cc1)[C@@H](O)C(=O)OCC. The number of aryl methyl sites for hydroxylation is 1. The third-order valence-electron chi connectivity index (χ3n) is 2.87. The van der Waals surface area contributed by atoms with Gasteiger partial charge in [-0.1, -0.05) is 17.7 Å². The highest BCUT2D eigenvalue weighted by Crippen LogP contribution is 2.18. The van der Waals surface area contributed by atoms with Crippen molar-refractivity contribution in [3.63, 3.8) is 0 Å². The largest absolute Gasteiger partial charge is 0.464 e. The predicted molar refractivity (Wildman–Crippen MR) is 82.5 cm³/mol. The Bertz CT molecular complexity index is 665. The molecule has 24 heavy (non-hydrogen) atoms. The second-order valence-corrected chi connectivity index (χ2v) is 6.31. The normalized spacial score (nSPS) is 13.8. The van der Waals surface area contributed by atoms with Crippen molar-refractivity contribution in [3.05, 3.63) is 29.8 Å². The number of hydrogen-bond acceptors (Lipinski definition) is 8. The Hall–Kier alpha value is -1.97. The fourth-order valence-electron chi connectivity index (χ4n) is 1.69. The van der Waals surface area contributed by atoms with Crippen LogP contribution in [-0.4, -0.2) is 50.9 Å². The molecule has 0 aliphatic carbocycles. The topological polar surface area (TPSA) is 116 Å². The molecule has 2 atom stereocenters. The lowest BCUT2D eigenvalue weighted by molar-refractivity contribution is -0.170. The van der Waals surface area contributed by atoms with Gasteiger partial charge in [0, 0.05) is 0 Å². The van der Waals surface area contributed by atoms with E-state index >= 15 is 0 Å². The molecule has 0 heterocycles. The van der Waals surface area contributed by atoms with Crippen LogP contribution in [0.3, 0.4) is 0 Å². The van der Waals surface area contributed by atoms with E-state index < -0.39 is 34.3 Å². The summed E-state index contributed by atoms with van der Waals surface area (Å²) in [6, 6.07) is 5.64. The summed E-state index contributed by atoms with van der Waals surface area (Å²) in [5, 5.41) is 9.90. The Kier molecular flexibility index (Phi) is 7.33. The summed E-state index contributed by atoms with van der Waals surface area (Å²) in [6.07, 6.45) is -4.19. The number of esters is 2. The Balaban J connectivity index is 3.08. The van der Waals surface area contributed by atoms with Crippen LogP contribution in [0.25, 0.3) is 0 Å². The van der Waals surface area contributed by atoms with Crippen molar-refractivity contribution in [1.82, 2.24) is 0 Å². The minimum atomic E-state index is -4.40. The Morgan fingerprint density at radius 3 is 2.04 bits per heavy atom. The van der Waals surface area contributed by atoms with E-state index in [2.05, 4.69) is 9.47 Å². The molecule has 0 amide bonds. The quantitative estimate of drug-likeness (QED) is 0.528. The summed E-state index contributed by atoms with van der Waals surface area (Å²) >= 11 is 0. The number of hydrogen-bond donors (Lipinski definition) is 1. The second kappa shape index (κ2) is 8.76. The van der Waals surface area contributed by atoms with Gasteiger partial charge in [0.15, 0.2) is 6.10 Å². The molecule has 0 saturated carbocycles.